The fourth-order valence-electron chi connectivity index (χ4n) is 7.11. The molecule has 0 N–H and O–H groups in total. The summed E-state index contributed by atoms with van der Waals surface area (Å²) in [6, 6.07) is 54.0. The third-order valence-electron chi connectivity index (χ3n) is 9.23. The maximum Gasteiger partial charge on any atom is 0.235 e. The van der Waals surface area contributed by atoms with Crippen molar-refractivity contribution >= 4 is 75.0 Å². The van der Waals surface area contributed by atoms with Gasteiger partial charge >= 0.3 is 0 Å². The van der Waals surface area contributed by atoms with Gasteiger partial charge in [-0.25, -0.2) is 9.97 Å². The molecule has 0 aliphatic rings. The van der Waals surface area contributed by atoms with E-state index in [1.807, 2.05) is 11.3 Å². The Morgan fingerprint density at radius 2 is 1.04 bits per heavy atom. The monoisotopic (exact) mass is 603 g/mol. The Bertz CT molecular complexity index is 2790. The number of aromatic nitrogens is 3. The Morgan fingerprint density at radius 3 is 1.91 bits per heavy atom. The van der Waals surface area contributed by atoms with Gasteiger partial charge in [0.1, 0.15) is 0 Å². The number of hydrogen-bond donors (Lipinski definition) is 0. The van der Waals surface area contributed by atoms with Crippen LogP contribution in [0.2, 0.25) is 0 Å². The van der Waals surface area contributed by atoms with Gasteiger partial charge in [-0.15, -0.1) is 11.3 Å². The van der Waals surface area contributed by atoms with Crippen molar-refractivity contribution in [3.05, 3.63) is 152 Å². The summed E-state index contributed by atoms with van der Waals surface area (Å²) in [4.78, 5) is 10.5. The Labute approximate surface area is 268 Å². The van der Waals surface area contributed by atoms with Crippen LogP contribution in [-0.4, -0.2) is 14.5 Å². The third-order valence-corrected chi connectivity index (χ3v) is 10.5. The quantitative estimate of drug-likeness (QED) is 0.201. The van der Waals surface area contributed by atoms with E-state index in [4.69, 9.17) is 9.97 Å². The molecular weight excluding hydrogens is 579 g/mol. The van der Waals surface area contributed by atoms with Crippen molar-refractivity contribution in [3.8, 4) is 28.3 Å². The van der Waals surface area contributed by atoms with E-state index in [2.05, 4.69) is 156 Å². The molecule has 0 amide bonds. The number of fused-ring (bicyclic) bond motifs is 10. The molecule has 0 spiro atoms. The molecule has 4 heteroatoms. The van der Waals surface area contributed by atoms with Crippen molar-refractivity contribution in [3.63, 3.8) is 0 Å². The van der Waals surface area contributed by atoms with Gasteiger partial charge in [0.25, 0.3) is 0 Å². The van der Waals surface area contributed by atoms with Crippen molar-refractivity contribution in [1.29, 1.82) is 0 Å². The molecule has 10 rings (SSSR count). The number of rotatable bonds is 3. The molecule has 0 aliphatic heterocycles. The lowest BCUT2D eigenvalue weighted by atomic mass is 10.0. The van der Waals surface area contributed by atoms with Gasteiger partial charge in [-0.3, -0.25) is 4.57 Å². The molecule has 0 atom stereocenters. The van der Waals surface area contributed by atoms with E-state index in [9.17, 15) is 0 Å². The lowest BCUT2D eigenvalue weighted by molar-refractivity contribution is 1.01. The number of thiophene rings is 1. The zero-order valence-electron chi connectivity index (χ0n) is 24.7. The molecule has 0 saturated heterocycles. The lowest BCUT2D eigenvalue weighted by Crippen LogP contribution is -2.03. The van der Waals surface area contributed by atoms with E-state index in [0.29, 0.717) is 5.95 Å². The first-order valence-corrected chi connectivity index (χ1v) is 16.3. The van der Waals surface area contributed by atoms with Gasteiger partial charge in [0.2, 0.25) is 5.95 Å². The molecule has 0 radical (unpaired) electrons. The van der Waals surface area contributed by atoms with Crippen LogP contribution in [0.1, 0.15) is 0 Å². The standard InChI is InChI=1S/C42H25N3S/c1-2-10-26(11-3-1)27-18-20-28(21-19-27)40-33-13-4-7-15-35(33)43-42(44-40)45-36-16-8-5-14-34(36)39-30-22-23-31-29-12-6-9-17-38(29)46-41(31)32(30)24-25-37(39)45/h1-25H. The van der Waals surface area contributed by atoms with Crippen LogP contribution in [0, 0.1) is 0 Å². The highest BCUT2D eigenvalue weighted by Crippen LogP contribution is 2.43. The van der Waals surface area contributed by atoms with E-state index in [1.165, 1.54) is 52.8 Å². The minimum Gasteiger partial charge on any atom is -0.278 e. The van der Waals surface area contributed by atoms with Crippen LogP contribution < -0.4 is 0 Å². The zero-order chi connectivity index (χ0) is 30.2. The van der Waals surface area contributed by atoms with Crippen molar-refractivity contribution in [2.45, 2.75) is 0 Å². The molecule has 214 valence electrons. The molecule has 3 nitrogen and oxygen atoms in total. The fourth-order valence-corrected chi connectivity index (χ4v) is 8.34. The molecular formula is C42H25N3S. The van der Waals surface area contributed by atoms with Crippen LogP contribution in [-0.2, 0) is 0 Å². The number of nitrogens with zero attached hydrogens (tertiary/aromatic N) is 3. The van der Waals surface area contributed by atoms with Crippen LogP contribution in [0.25, 0.3) is 92.0 Å². The van der Waals surface area contributed by atoms with E-state index in [-0.39, 0.29) is 0 Å². The predicted octanol–water partition coefficient (Wildman–Crippen LogP) is 11.6. The van der Waals surface area contributed by atoms with Crippen LogP contribution >= 0.6 is 11.3 Å². The summed E-state index contributed by atoms with van der Waals surface area (Å²) in [5.41, 5.74) is 7.51. The smallest absolute Gasteiger partial charge is 0.235 e. The summed E-state index contributed by atoms with van der Waals surface area (Å²) in [7, 11) is 0. The van der Waals surface area contributed by atoms with Crippen molar-refractivity contribution < 1.29 is 0 Å². The van der Waals surface area contributed by atoms with Crippen molar-refractivity contribution in [1.82, 2.24) is 14.5 Å². The molecule has 3 aromatic heterocycles. The normalized spacial score (nSPS) is 11.9. The van der Waals surface area contributed by atoms with E-state index < -0.39 is 0 Å². The predicted molar refractivity (Wildman–Crippen MR) is 195 cm³/mol. The molecule has 10 aromatic rings. The van der Waals surface area contributed by atoms with Crippen LogP contribution in [0.15, 0.2) is 152 Å². The molecule has 0 fully saturated rings. The van der Waals surface area contributed by atoms with Crippen molar-refractivity contribution in [2.24, 2.45) is 0 Å². The fraction of sp³-hybridized carbons (Fsp3) is 0. The van der Waals surface area contributed by atoms with Crippen LogP contribution in [0.5, 0.6) is 0 Å². The maximum atomic E-state index is 5.33. The molecule has 3 heterocycles. The summed E-state index contributed by atoms with van der Waals surface area (Å²) >= 11 is 1.88. The molecule has 0 bridgehead atoms. The Kier molecular flexibility index (Phi) is 5.45. The van der Waals surface area contributed by atoms with E-state index in [0.717, 1.165) is 33.2 Å². The summed E-state index contributed by atoms with van der Waals surface area (Å²) in [6.07, 6.45) is 0. The first-order valence-electron chi connectivity index (χ1n) is 15.5. The Balaban J connectivity index is 1.24. The SMILES string of the molecule is c1ccc(-c2ccc(-c3nc(-n4c5ccccc5c5c6ccc7c8ccccc8sc7c6ccc54)nc4ccccc34)cc2)cc1. The van der Waals surface area contributed by atoms with Crippen LogP contribution in [0.4, 0.5) is 0 Å². The first kappa shape index (κ1) is 25.5. The van der Waals surface area contributed by atoms with Gasteiger partial charge in [0.15, 0.2) is 0 Å². The Morgan fingerprint density at radius 1 is 0.413 bits per heavy atom. The highest BCUT2D eigenvalue weighted by atomic mass is 32.1. The summed E-state index contributed by atoms with van der Waals surface area (Å²) < 4.78 is 4.90. The zero-order valence-corrected chi connectivity index (χ0v) is 25.5. The van der Waals surface area contributed by atoms with Gasteiger partial charge in [-0.2, -0.15) is 0 Å². The minimum atomic E-state index is 0.675. The first-order chi connectivity index (χ1) is 22.8. The van der Waals surface area contributed by atoms with E-state index in [1.54, 1.807) is 0 Å². The van der Waals surface area contributed by atoms with Gasteiger partial charge in [0, 0.05) is 47.3 Å². The number of benzene rings is 7. The second kappa shape index (κ2) is 9.83. The largest absolute Gasteiger partial charge is 0.278 e. The highest BCUT2D eigenvalue weighted by Gasteiger charge is 2.20. The molecule has 7 aromatic carbocycles. The Hall–Kier alpha value is -5.84. The molecule has 0 saturated carbocycles. The van der Waals surface area contributed by atoms with E-state index >= 15 is 0 Å². The van der Waals surface area contributed by atoms with Crippen LogP contribution in [0.3, 0.4) is 0 Å². The van der Waals surface area contributed by atoms with Crippen molar-refractivity contribution in [2.75, 3.05) is 0 Å². The average molecular weight is 604 g/mol. The second-order valence-electron chi connectivity index (χ2n) is 11.8. The summed E-state index contributed by atoms with van der Waals surface area (Å²) in [6.45, 7) is 0. The summed E-state index contributed by atoms with van der Waals surface area (Å²) in [5, 5.41) is 8.65. The van der Waals surface area contributed by atoms with Gasteiger partial charge in [0.05, 0.1) is 22.2 Å². The van der Waals surface area contributed by atoms with Gasteiger partial charge in [-0.05, 0) is 40.8 Å². The molecule has 0 aliphatic carbocycles. The highest BCUT2D eigenvalue weighted by molar-refractivity contribution is 7.26. The molecule has 0 unspecified atom stereocenters. The maximum absolute atomic E-state index is 5.33. The topological polar surface area (TPSA) is 30.7 Å². The number of hydrogen-bond acceptors (Lipinski definition) is 3. The molecule has 46 heavy (non-hydrogen) atoms. The van der Waals surface area contributed by atoms with Gasteiger partial charge in [-0.1, -0.05) is 127 Å². The minimum absolute atomic E-state index is 0.675. The average Bonchev–Trinajstić information content (AvgIpc) is 3.68. The second-order valence-corrected chi connectivity index (χ2v) is 12.8. The summed E-state index contributed by atoms with van der Waals surface area (Å²) in [5.74, 6) is 0.675. The van der Waals surface area contributed by atoms with Gasteiger partial charge < -0.3 is 0 Å². The third kappa shape index (κ3) is 3.71. The number of para-hydroxylation sites is 2. The lowest BCUT2D eigenvalue weighted by Gasteiger charge is -2.12.